The summed E-state index contributed by atoms with van der Waals surface area (Å²) in [5.41, 5.74) is 3.49. The van der Waals surface area contributed by atoms with Gasteiger partial charge in [-0.05, 0) is 42.8 Å². The van der Waals surface area contributed by atoms with Gasteiger partial charge >= 0.3 is 0 Å². The molecule has 4 rings (SSSR count). The number of rotatable bonds is 20. The molecule has 1 aromatic heterocycles. The van der Waals surface area contributed by atoms with Crippen molar-refractivity contribution in [2.75, 3.05) is 5.32 Å². The normalized spacial score (nSPS) is 11.1. The second-order valence-corrected chi connectivity index (χ2v) is 11.5. The van der Waals surface area contributed by atoms with Gasteiger partial charge in [0.25, 0.3) is 5.82 Å². The van der Waals surface area contributed by atoms with Gasteiger partial charge in [0.2, 0.25) is 5.82 Å². The van der Waals surface area contributed by atoms with E-state index in [4.69, 9.17) is 0 Å². The highest BCUT2D eigenvalue weighted by Crippen LogP contribution is 2.25. The fourth-order valence-electron chi connectivity index (χ4n) is 5.82. The average molecular weight is 551 g/mol. The van der Waals surface area contributed by atoms with E-state index in [1.807, 2.05) is 0 Å². The Bertz CT molecular complexity index is 1210. The quantitative estimate of drug-likeness (QED) is 0.0857. The third-order valence-electron chi connectivity index (χ3n) is 8.13. The van der Waals surface area contributed by atoms with Crippen LogP contribution in [-0.2, 0) is 6.42 Å². The first-order valence-electron chi connectivity index (χ1n) is 16.5. The Hall–Kier alpha value is -3.33. The molecule has 0 saturated heterocycles. The van der Waals surface area contributed by atoms with Crippen LogP contribution in [-0.4, -0.2) is 4.57 Å². The van der Waals surface area contributed by atoms with Gasteiger partial charge in [-0.2, -0.15) is 9.13 Å². The van der Waals surface area contributed by atoms with Gasteiger partial charge in [0, 0.05) is 5.69 Å². The summed E-state index contributed by atoms with van der Waals surface area (Å²) in [4.78, 5) is 0. The van der Waals surface area contributed by atoms with Gasteiger partial charge in [-0.25, -0.2) is 0 Å². The lowest BCUT2D eigenvalue weighted by molar-refractivity contribution is -0.603. The third kappa shape index (κ3) is 10.2. The van der Waals surface area contributed by atoms with Gasteiger partial charge in [0.05, 0.1) is 6.42 Å². The molecule has 0 aliphatic heterocycles. The first kappa shape index (κ1) is 30.6. The molecule has 0 amide bonds. The van der Waals surface area contributed by atoms with Crippen LogP contribution in [0, 0.1) is 0 Å². The number of para-hydroxylation sites is 3. The number of benzene rings is 3. The van der Waals surface area contributed by atoms with Gasteiger partial charge in [-0.3, -0.25) is 0 Å². The predicted octanol–water partition coefficient (Wildman–Crippen LogP) is 10.9. The molecule has 0 atom stereocenters. The Morgan fingerprint density at radius 2 is 1.00 bits per heavy atom. The van der Waals surface area contributed by atoms with Crippen LogP contribution in [0.2, 0.25) is 0 Å². The minimum atomic E-state index is 1.04. The van der Waals surface area contributed by atoms with Crippen LogP contribution in [0.3, 0.4) is 0 Å². The summed E-state index contributed by atoms with van der Waals surface area (Å²) >= 11 is 0. The third-order valence-corrected chi connectivity index (χ3v) is 8.13. The van der Waals surface area contributed by atoms with E-state index in [1.165, 1.54) is 114 Å². The molecule has 0 unspecified atom stereocenters. The molecular formula is C38H52N3+. The first-order chi connectivity index (χ1) is 20.4. The number of hydrogen-bond donors (Lipinski definition) is 1. The second kappa shape index (κ2) is 18.2. The van der Waals surface area contributed by atoms with Gasteiger partial charge < -0.3 is 5.32 Å². The molecule has 41 heavy (non-hydrogen) atoms. The van der Waals surface area contributed by atoms with E-state index in [9.17, 15) is 0 Å². The van der Waals surface area contributed by atoms with Crippen molar-refractivity contribution in [3.63, 3.8) is 0 Å². The number of hydrogen-bond acceptors (Lipinski definition) is 1. The van der Waals surface area contributed by atoms with Crippen molar-refractivity contribution in [1.82, 2.24) is 4.57 Å². The van der Waals surface area contributed by atoms with Crippen molar-refractivity contribution in [3.8, 4) is 11.4 Å². The number of nitrogens with zero attached hydrogens (tertiary/aromatic N) is 2. The van der Waals surface area contributed by atoms with Crippen LogP contribution in [0.4, 0.5) is 11.5 Å². The summed E-state index contributed by atoms with van der Waals surface area (Å²) in [7, 11) is 0. The smallest absolute Gasteiger partial charge is 0.268 e. The largest absolute Gasteiger partial charge is 0.319 e. The highest BCUT2D eigenvalue weighted by Gasteiger charge is 2.26. The Morgan fingerprint density at radius 1 is 0.537 bits per heavy atom. The minimum absolute atomic E-state index is 1.04. The molecule has 0 radical (unpaired) electrons. The van der Waals surface area contributed by atoms with Gasteiger partial charge in [0.1, 0.15) is 11.4 Å². The maximum atomic E-state index is 3.70. The SMILES string of the molecule is CCCCCCCCCCCCCCCCCc1n(-c2ccccc2)c(Nc2ccccc2)c[n+]1-c1ccccc1. The van der Waals surface area contributed by atoms with Gasteiger partial charge in [-0.1, -0.05) is 151 Å². The van der Waals surface area contributed by atoms with E-state index in [2.05, 4.69) is 119 Å². The van der Waals surface area contributed by atoms with Crippen LogP contribution in [0.25, 0.3) is 11.4 Å². The van der Waals surface area contributed by atoms with Crippen molar-refractivity contribution in [1.29, 1.82) is 0 Å². The second-order valence-electron chi connectivity index (χ2n) is 11.5. The van der Waals surface area contributed by atoms with Crippen LogP contribution >= 0.6 is 0 Å². The zero-order chi connectivity index (χ0) is 28.4. The molecule has 3 nitrogen and oxygen atoms in total. The molecule has 218 valence electrons. The Morgan fingerprint density at radius 3 is 1.54 bits per heavy atom. The highest BCUT2D eigenvalue weighted by molar-refractivity contribution is 5.58. The van der Waals surface area contributed by atoms with Crippen molar-refractivity contribution >= 4 is 11.5 Å². The summed E-state index contributed by atoms with van der Waals surface area (Å²) in [5.74, 6) is 2.40. The molecule has 0 spiro atoms. The summed E-state index contributed by atoms with van der Waals surface area (Å²) in [6, 6.07) is 32.0. The van der Waals surface area contributed by atoms with Crippen LogP contribution < -0.4 is 9.88 Å². The van der Waals surface area contributed by atoms with Crippen molar-refractivity contribution in [3.05, 3.63) is 103 Å². The predicted molar refractivity (Wildman–Crippen MR) is 176 cm³/mol. The van der Waals surface area contributed by atoms with E-state index in [0.717, 1.165) is 17.9 Å². The number of unbranched alkanes of at least 4 members (excludes halogenated alkanes) is 14. The molecule has 0 saturated carbocycles. The summed E-state index contributed by atoms with van der Waals surface area (Å²) in [5, 5.41) is 3.70. The van der Waals surface area contributed by atoms with E-state index >= 15 is 0 Å². The monoisotopic (exact) mass is 550 g/mol. The van der Waals surface area contributed by atoms with Gasteiger partial charge in [0.15, 0.2) is 6.20 Å². The van der Waals surface area contributed by atoms with Crippen LogP contribution in [0.15, 0.2) is 97.2 Å². The summed E-state index contributed by atoms with van der Waals surface area (Å²) in [6.07, 6.45) is 24.1. The topological polar surface area (TPSA) is 20.8 Å². The summed E-state index contributed by atoms with van der Waals surface area (Å²) in [6.45, 7) is 2.30. The minimum Gasteiger partial charge on any atom is -0.319 e. The van der Waals surface area contributed by atoms with E-state index in [-0.39, 0.29) is 0 Å². The molecule has 0 aliphatic rings. The van der Waals surface area contributed by atoms with Crippen molar-refractivity contribution < 1.29 is 4.57 Å². The maximum absolute atomic E-state index is 3.70. The molecule has 0 aliphatic carbocycles. The van der Waals surface area contributed by atoms with Gasteiger partial charge in [-0.15, -0.1) is 0 Å². The fraction of sp³-hybridized carbons (Fsp3) is 0.447. The fourth-order valence-corrected chi connectivity index (χ4v) is 5.82. The Kier molecular flexibility index (Phi) is 13.6. The number of nitrogens with one attached hydrogen (secondary N) is 1. The molecule has 3 aromatic carbocycles. The highest BCUT2D eigenvalue weighted by atomic mass is 15.2. The first-order valence-corrected chi connectivity index (χ1v) is 16.5. The molecule has 4 aromatic rings. The van der Waals surface area contributed by atoms with E-state index < -0.39 is 0 Å². The Balaban J connectivity index is 1.31. The molecule has 0 fully saturated rings. The number of aromatic nitrogens is 2. The number of anilines is 2. The zero-order valence-electron chi connectivity index (χ0n) is 25.4. The maximum Gasteiger partial charge on any atom is 0.268 e. The van der Waals surface area contributed by atoms with Crippen molar-refractivity contribution in [2.45, 2.75) is 110 Å². The van der Waals surface area contributed by atoms with Crippen LogP contribution in [0.5, 0.6) is 0 Å². The lowest BCUT2D eigenvalue weighted by atomic mass is 10.0. The number of imidazole rings is 1. The molecule has 0 bridgehead atoms. The average Bonchev–Trinajstić information content (AvgIpc) is 3.38. The molecular weight excluding hydrogens is 498 g/mol. The lowest BCUT2D eigenvalue weighted by Gasteiger charge is -2.08. The lowest BCUT2D eigenvalue weighted by Crippen LogP contribution is -2.34. The summed E-state index contributed by atoms with van der Waals surface area (Å²) < 4.78 is 4.78. The Labute approximate surface area is 249 Å². The van der Waals surface area contributed by atoms with E-state index in [1.54, 1.807) is 0 Å². The standard InChI is InChI=1S/C38H52N3/c1-2-3-4-5-6-7-8-9-10-11-12-13-14-15-25-32-38-40(35-28-21-17-22-29-35)33-37(39-34-26-19-16-20-27-34)41(38)36-30-23-18-24-31-36/h16-24,26-31,33,39H,2-15,25,32H2,1H3/q+1. The molecule has 1 N–H and O–H groups in total. The van der Waals surface area contributed by atoms with Crippen molar-refractivity contribution in [2.24, 2.45) is 0 Å². The molecule has 3 heteroatoms. The zero-order valence-corrected chi connectivity index (χ0v) is 25.4. The van der Waals surface area contributed by atoms with E-state index in [0.29, 0.717) is 0 Å². The molecule has 1 heterocycles. The van der Waals surface area contributed by atoms with Crippen LogP contribution in [0.1, 0.15) is 109 Å².